The highest BCUT2D eigenvalue weighted by atomic mass is 16.5. The maximum absolute atomic E-state index is 12.7. The molecule has 136 valence electrons. The minimum atomic E-state index is -0.613. The molecule has 7 nitrogen and oxygen atoms in total. The van der Waals surface area contributed by atoms with Gasteiger partial charge in [0.05, 0.1) is 13.2 Å². The zero-order valence-corrected chi connectivity index (χ0v) is 14.4. The summed E-state index contributed by atoms with van der Waals surface area (Å²) >= 11 is 0. The van der Waals surface area contributed by atoms with Crippen molar-refractivity contribution in [3.63, 3.8) is 0 Å². The highest BCUT2D eigenvalue weighted by Gasteiger charge is 2.39. The molecule has 0 spiro atoms. The molecule has 1 aromatic rings. The second-order valence-electron chi connectivity index (χ2n) is 6.18. The van der Waals surface area contributed by atoms with E-state index in [4.69, 9.17) is 10.5 Å². The number of imide groups is 1. The van der Waals surface area contributed by atoms with Crippen LogP contribution in [0.25, 0.3) is 0 Å². The molecular weight excluding hydrogens is 334 g/mol. The number of nitrogens with one attached hydrogen (secondary N) is 1. The van der Waals surface area contributed by atoms with Crippen molar-refractivity contribution in [3.8, 4) is 11.8 Å². The van der Waals surface area contributed by atoms with Gasteiger partial charge in [-0.25, -0.2) is 0 Å². The fraction of sp³-hybridized carbons (Fsp3) is 0.421. The molecule has 1 saturated heterocycles. The van der Waals surface area contributed by atoms with Crippen LogP contribution in [0.1, 0.15) is 40.7 Å². The van der Waals surface area contributed by atoms with Crippen LogP contribution in [-0.2, 0) is 20.9 Å². The number of carbonyl (C=O) groups excluding carboxylic acids is 3. The Balaban J connectivity index is 1.72. The topological polar surface area (TPSA) is 102 Å². The quantitative estimate of drug-likeness (QED) is 0.445. The summed E-state index contributed by atoms with van der Waals surface area (Å²) in [5.74, 6) is 5.24. The van der Waals surface area contributed by atoms with Crippen molar-refractivity contribution < 1.29 is 19.1 Å². The van der Waals surface area contributed by atoms with Gasteiger partial charge in [0.25, 0.3) is 5.91 Å². The monoisotopic (exact) mass is 355 g/mol. The summed E-state index contributed by atoms with van der Waals surface area (Å²) in [4.78, 5) is 37.7. The lowest BCUT2D eigenvalue weighted by Gasteiger charge is -2.29. The first-order valence-electron chi connectivity index (χ1n) is 8.65. The molecule has 26 heavy (non-hydrogen) atoms. The number of rotatable bonds is 5. The zero-order chi connectivity index (χ0) is 18.5. The Morgan fingerprint density at radius 3 is 2.88 bits per heavy atom. The Morgan fingerprint density at radius 1 is 1.27 bits per heavy atom. The van der Waals surface area contributed by atoms with E-state index in [2.05, 4.69) is 17.2 Å². The number of hydrogen-bond acceptors (Lipinski definition) is 5. The van der Waals surface area contributed by atoms with E-state index >= 15 is 0 Å². The lowest BCUT2D eigenvalue weighted by molar-refractivity contribution is -0.136. The van der Waals surface area contributed by atoms with E-state index in [0.29, 0.717) is 44.7 Å². The molecule has 3 amide bonds. The van der Waals surface area contributed by atoms with Gasteiger partial charge in [-0.05, 0) is 24.1 Å². The van der Waals surface area contributed by atoms with Gasteiger partial charge >= 0.3 is 0 Å². The van der Waals surface area contributed by atoms with Crippen LogP contribution < -0.4 is 11.1 Å². The van der Waals surface area contributed by atoms with Gasteiger partial charge in [0.2, 0.25) is 11.8 Å². The Bertz CT molecular complexity index is 794. The summed E-state index contributed by atoms with van der Waals surface area (Å²) in [7, 11) is 0. The maximum Gasteiger partial charge on any atom is 0.255 e. The molecule has 1 atom stereocenters. The number of nitrogens with two attached hydrogens (primary N) is 1. The summed E-state index contributed by atoms with van der Waals surface area (Å²) in [5.41, 5.74) is 7.54. The minimum Gasteiger partial charge on any atom is -0.379 e. The Labute approximate surface area is 151 Å². The van der Waals surface area contributed by atoms with E-state index in [1.165, 1.54) is 4.90 Å². The van der Waals surface area contributed by atoms with Crippen LogP contribution in [0.5, 0.6) is 0 Å². The number of piperidine rings is 1. The molecule has 0 aromatic heterocycles. The number of hydrogen-bond donors (Lipinski definition) is 2. The van der Waals surface area contributed by atoms with Crippen LogP contribution in [0.15, 0.2) is 18.2 Å². The number of benzene rings is 1. The van der Waals surface area contributed by atoms with Crippen molar-refractivity contribution in [3.05, 3.63) is 34.9 Å². The Morgan fingerprint density at radius 2 is 2.12 bits per heavy atom. The molecule has 0 aliphatic carbocycles. The van der Waals surface area contributed by atoms with Crippen LogP contribution in [0.3, 0.4) is 0 Å². The fourth-order valence-electron chi connectivity index (χ4n) is 3.17. The molecule has 1 unspecified atom stereocenters. The first-order chi connectivity index (χ1) is 12.6. The zero-order valence-electron chi connectivity index (χ0n) is 14.4. The molecule has 7 heteroatoms. The third-order valence-corrected chi connectivity index (χ3v) is 4.44. The number of carbonyl (C=O) groups is 3. The van der Waals surface area contributed by atoms with Gasteiger partial charge < -0.3 is 15.4 Å². The van der Waals surface area contributed by atoms with Crippen molar-refractivity contribution in [2.45, 2.75) is 31.8 Å². The molecule has 0 radical (unpaired) electrons. The first-order valence-corrected chi connectivity index (χ1v) is 8.65. The number of fused-ring (bicyclic) bond motifs is 1. The van der Waals surface area contributed by atoms with E-state index in [9.17, 15) is 14.4 Å². The maximum atomic E-state index is 12.7. The number of ether oxygens (including phenoxy) is 1. The molecule has 1 fully saturated rings. The average molecular weight is 355 g/mol. The van der Waals surface area contributed by atoms with Gasteiger partial charge in [-0.15, -0.1) is 0 Å². The summed E-state index contributed by atoms with van der Waals surface area (Å²) < 4.78 is 5.29. The second kappa shape index (κ2) is 8.13. The van der Waals surface area contributed by atoms with Crippen molar-refractivity contribution in [1.82, 2.24) is 10.2 Å². The standard InChI is InChI=1S/C19H21N3O4/c20-9-11-26-10-2-1-4-13-5-3-6-14-15(13)12-22(19(14)25)16-7-8-17(23)21-18(16)24/h3,5-6,16H,2,7-12,20H2,(H,21,23,24). The summed E-state index contributed by atoms with van der Waals surface area (Å²) in [6.07, 6.45) is 1.17. The second-order valence-corrected chi connectivity index (χ2v) is 6.18. The van der Waals surface area contributed by atoms with E-state index in [1.54, 1.807) is 12.1 Å². The summed E-state index contributed by atoms with van der Waals surface area (Å²) in [6, 6.07) is 4.80. The molecule has 2 heterocycles. The van der Waals surface area contributed by atoms with E-state index < -0.39 is 11.9 Å². The largest absolute Gasteiger partial charge is 0.379 e. The van der Waals surface area contributed by atoms with Gasteiger partial charge in [0.15, 0.2) is 0 Å². The van der Waals surface area contributed by atoms with Gasteiger partial charge in [0, 0.05) is 37.1 Å². The van der Waals surface area contributed by atoms with Crippen LogP contribution in [0.4, 0.5) is 0 Å². The van der Waals surface area contributed by atoms with Gasteiger partial charge in [-0.1, -0.05) is 17.9 Å². The molecule has 3 rings (SSSR count). The molecule has 2 aliphatic rings. The SMILES string of the molecule is NCCOCCC#Cc1cccc2c1CN(C1CCC(=O)NC1=O)C2=O. The van der Waals surface area contributed by atoms with Gasteiger partial charge in [0.1, 0.15) is 6.04 Å². The van der Waals surface area contributed by atoms with E-state index in [1.807, 2.05) is 6.07 Å². The van der Waals surface area contributed by atoms with Crippen LogP contribution >= 0.6 is 0 Å². The summed E-state index contributed by atoms with van der Waals surface area (Å²) in [6.45, 7) is 1.84. The lowest BCUT2D eigenvalue weighted by atomic mass is 10.0. The Hall–Kier alpha value is -2.69. The smallest absolute Gasteiger partial charge is 0.255 e. The number of amides is 3. The minimum absolute atomic E-state index is 0.190. The molecular formula is C19H21N3O4. The first kappa shape index (κ1) is 18.1. The summed E-state index contributed by atoms with van der Waals surface area (Å²) in [5, 5.41) is 2.30. The predicted octanol–water partition coefficient (Wildman–Crippen LogP) is 0.165. The van der Waals surface area contributed by atoms with E-state index in [0.717, 1.165) is 11.1 Å². The Kier molecular flexibility index (Phi) is 5.66. The normalized spacial score (nSPS) is 19.0. The molecule has 2 aliphatic heterocycles. The third kappa shape index (κ3) is 3.77. The molecule has 0 saturated carbocycles. The van der Waals surface area contributed by atoms with Gasteiger partial charge in [-0.2, -0.15) is 0 Å². The van der Waals surface area contributed by atoms with Crippen LogP contribution in [0.2, 0.25) is 0 Å². The lowest BCUT2D eigenvalue weighted by Crippen LogP contribution is -2.52. The van der Waals surface area contributed by atoms with Crippen molar-refractivity contribution in [2.24, 2.45) is 5.73 Å². The fourth-order valence-corrected chi connectivity index (χ4v) is 3.17. The molecule has 3 N–H and O–H groups in total. The van der Waals surface area contributed by atoms with Crippen molar-refractivity contribution in [1.29, 1.82) is 0 Å². The van der Waals surface area contributed by atoms with Crippen LogP contribution in [0, 0.1) is 11.8 Å². The van der Waals surface area contributed by atoms with Gasteiger partial charge in [-0.3, -0.25) is 19.7 Å². The molecule has 1 aromatic carbocycles. The van der Waals surface area contributed by atoms with E-state index in [-0.39, 0.29) is 18.2 Å². The number of nitrogens with zero attached hydrogens (tertiary/aromatic N) is 1. The van der Waals surface area contributed by atoms with Crippen molar-refractivity contribution in [2.75, 3.05) is 19.8 Å². The van der Waals surface area contributed by atoms with Crippen LogP contribution in [-0.4, -0.2) is 48.4 Å². The molecule has 0 bridgehead atoms. The average Bonchev–Trinajstić information content (AvgIpc) is 2.96. The third-order valence-electron chi connectivity index (χ3n) is 4.44. The highest BCUT2D eigenvalue weighted by Crippen LogP contribution is 2.29. The van der Waals surface area contributed by atoms with Crippen molar-refractivity contribution >= 4 is 17.7 Å². The highest BCUT2D eigenvalue weighted by molar-refractivity contribution is 6.05. The predicted molar refractivity (Wildman–Crippen MR) is 93.9 cm³/mol.